The van der Waals surface area contributed by atoms with Crippen LogP contribution in [0.1, 0.15) is 257 Å². The maximum atomic E-state index is 13.3. The van der Waals surface area contributed by atoms with Crippen molar-refractivity contribution in [3.63, 3.8) is 0 Å². The average Bonchev–Trinajstić information content (AvgIpc) is 1.65. The molecule has 5 aliphatic rings. The number of fused-ring (bicyclic) bond motifs is 6. The van der Waals surface area contributed by atoms with Gasteiger partial charge in [0.1, 0.15) is 22.5 Å². The number of nitrogens with two attached hydrogens (primary N) is 2. The molecule has 9 aromatic rings. The number of carbonyl (C=O) groups excluding carboxylic acids is 10. The standard InChI is InChI=1S/C29H40N8O5.C29H38N8O4.C29H42N8O3.C4H8O2.CO2.CH4O.ClH.Li.H2O/c1-29(2,3)42-28(40)35-15-11-22(12-16-35)37-19-23(30)26(34-37)27(39)31-13-6-4-5-7-14-36-18-21(17-32-36)24-9-8-10-25(33-24)41-20-38;1-29(2,3)41-28(40)35-15-11-21(12-16-35)37-19-24-25(34-37)27(39)30-13-6-4-5-7-14-36-18-20(17-31-36)22-9-8-10-23(32-22)26(38)33-24;1-21-10-9-11-25(33-21)22-18-32-36(19-22)15-8-6-5-7-14-31-27(38)26-24(30)20-37(34-26)23-12-16-35(17-13-23)28(39)40-29(2,3)4;5-4-2-1-3-6-4;2-1-3;1-2;;;/h8-10,17-20,22H,4-7,11-16,30H2,1-3H3,(H,31,39);8-10,17-19,21H,4-7,11-16H2,1-3H3,(H,30,39)(H,33,38);9-11,18-20,23H,5-8,12-17,30H2,1-4H3,(H,31,38);4-5H,1-3H2;;2H,1H3;1H;;1H2/q;;;;;;;+1;/p-1. The summed E-state index contributed by atoms with van der Waals surface area (Å²) < 4.78 is 36.9. The van der Waals surface area contributed by atoms with E-state index in [0.717, 1.165) is 164 Å². The van der Waals surface area contributed by atoms with Gasteiger partial charge in [-0.05, 0) is 183 Å². The van der Waals surface area contributed by atoms with E-state index >= 15 is 0 Å². The Hall–Kier alpha value is -12.4. The van der Waals surface area contributed by atoms with Crippen LogP contribution < -0.4 is 56.3 Å². The zero-order valence-corrected chi connectivity index (χ0v) is 81.5. The molecule has 137 heavy (non-hydrogen) atoms. The summed E-state index contributed by atoms with van der Waals surface area (Å²) in [6, 6.07) is 16.6. The van der Waals surface area contributed by atoms with Crippen molar-refractivity contribution < 1.29 is 106 Å². The molecule has 4 fully saturated rings. The van der Waals surface area contributed by atoms with Gasteiger partial charge in [0.25, 0.3) is 30.1 Å². The van der Waals surface area contributed by atoms with Gasteiger partial charge in [-0.25, -0.2) is 24.4 Å². The maximum Gasteiger partial charge on any atom is 1.00 e. The Morgan fingerprint density at radius 1 is 0.526 bits per heavy atom. The van der Waals surface area contributed by atoms with Crippen molar-refractivity contribution in [2.75, 3.05) is 89.4 Å². The molecule has 7 amide bonds. The van der Waals surface area contributed by atoms with E-state index in [1.807, 2.05) is 138 Å². The number of aryl methyl sites for hydroxylation is 4. The number of unbranched alkanes of at least 4 members (excludes halogenated alkanes) is 6. The normalized spacial score (nSPS) is 15.4. The predicted octanol–water partition coefficient (Wildman–Crippen LogP) is 9.07. The van der Waals surface area contributed by atoms with Gasteiger partial charge in [0.15, 0.2) is 23.4 Å². The van der Waals surface area contributed by atoms with Crippen molar-refractivity contribution in [2.45, 2.75) is 259 Å². The first-order valence-corrected chi connectivity index (χ1v) is 45.9. The van der Waals surface area contributed by atoms with Gasteiger partial charge in [0, 0.05) is 164 Å². The number of anilines is 3. The summed E-state index contributed by atoms with van der Waals surface area (Å²) >= 11 is 0. The van der Waals surface area contributed by atoms with Crippen molar-refractivity contribution in [2.24, 2.45) is 0 Å². The van der Waals surface area contributed by atoms with Crippen LogP contribution in [0.2, 0.25) is 0 Å². The first-order valence-electron chi connectivity index (χ1n) is 45.9. The molecule has 5 aliphatic heterocycles. The van der Waals surface area contributed by atoms with Crippen molar-refractivity contribution in [1.82, 2.24) is 104 Å². The number of amides is 7. The van der Waals surface area contributed by atoms with Crippen molar-refractivity contribution >= 4 is 84.0 Å². The molecule has 14 heterocycles. The topological polar surface area (TPSA) is 543 Å². The number of aliphatic hydroxyl groups is 2. The van der Waals surface area contributed by atoms with Crippen molar-refractivity contribution in [3.8, 4) is 39.7 Å². The molecule has 0 saturated carbocycles. The number of hydrogen-bond donors (Lipinski definition) is 8. The van der Waals surface area contributed by atoms with Crippen molar-refractivity contribution in [1.29, 1.82) is 0 Å². The average molecular weight is 1920 g/mol. The fourth-order valence-electron chi connectivity index (χ4n) is 15.1. The molecule has 0 aromatic carbocycles. The molecule has 1 unspecified atom stereocenters. The second-order valence-electron chi connectivity index (χ2n) is 35.9. The maximum absolute atomic E-state index is 13.3. The molecule has 44 heteroatoms. The van der Waals surface area contributed by atoms with Gasteiger partial charge in [-0.3, -0.25) is 57.0 Å². The molecule has 42 nitrogen and oxygen atoms in total. The Labute approximate surface area is 816 Å². The van der Waals surface area contributed by atoms with Crippen molar-refractivity contribution in [3.05, 3.63) is 139 Å². The Bertz CT molecular complexity index is 5290. The smallest absolute Gasteiger partial charge is 0.870 e. The third kappa shape index (κ3) is 37.2. The van der Waals surface area contributed by atoms with Gasteiger partial charge in [0.2, 0.25) is 5.88 Å². The number of ether oxygens (including phenoxy) is 5. The van der Waals surface area contributed by atoms with Crippen LogP contribution in [0.4, 0.5) is 31.4 Å². The zero-order chi connectivity index (χ0) is 96.9. The molecule has 0 radical (unpaired) electrons. The third-order valence-corrected chi connectivity index (χ3v) is 21.9. The van der Waals surface area contributed by atoms with Crippen LogP contribution in [0.5, 0.6) is 5.88 Å². The second-order valence-corrected chi connectivity index (χ2v) is 35.9. The molecule has 14 rings (SSSR count). The van der Waals surface area contributed by atoms with E-state index in [0.29, 0.717) is 120 Å². The quantitative estimate of drug-likeness (QED) is 0.0128. The summed E-state index contributed by atoms with van der Waals surface area (Å²) in [6.07, 6.45) is 32.8. The summed E-state index contributed by atoms with van der Waals surface area (Å²) in [7, 11) is 1.00. The largest absolute Gasteiger partial charge is 1.00 e. The number of piperidine rings is 3. The first-order chi connectivity index (χ1) is 64.2. The van der Waals surface area contributed by atoms with E-state index in [9.17, 15) is 38.4 Å². The number of hydrogen-bond acceptors (Lipinski definition) is 29. The molecular formula is C93H134ClLiN24O18. The third-order valence-electron chi connectivity index (χ3n) is 21.9. The van der Waals surface area contributed by atoms with Gasteiger partial charge in [-0.2, -0.15) is 40.2 Å². The monoisotopic (exact) mass is 1920 g/mol. The molecule has 9 aromatic heterocycles. The number of carbonyl (C=O) groups is 8. The fourth-order valence-corrected chi connectivity index (χ4v) is 15.1. The van der Waals surface area contributed by atoms with Gasteiger partial charge >= 0.3 is 43.3 Å². The molecule has 0 spiro atoms. The van der Waals surface area contributed by atoms with E-state index in [1.54, 1.807) is 84.0 Å². The molecular weight excluding hydrogens is 1780 g/mol. The number of nitrogens with one attached hydrogen (secondary N) is 4. The van der Waals surface area contributed by atoms with E-state index in [2.05, 4.69) is 66.8 Å². The van der Waals surface area contributed by atoms with E-state index in [4.69, 9.17) is 55.0 Å². The van der Waals surface area contributed by atoms with Crippen LogP contribution >= 0.6 is 12.4 Å². The zero-order valence-electron chi connectivity index (χ0n) is 80.7. The molecule has 1 atom stereocenters. The predicted molar refractivity (Wildman–Crippen MR) is 505 cm³/mol. The van der Waals surface area contributed by atoms with Crippen LogP contribution in [0.3, 0.4) is 0 Å². The van der Waals surface area contributed by atoms with E-state index < -0.39 is 29.0 Å². The van der Waals surface area contributed by atoms with Gasteiger partial charge in [-0.15, -0.1) is 12.4 Å². The van der Waals surface area contributed by atoms with Gasteiger partial charge in [-0.1, -0.05) is 56.7 Å². The Kier molecular flexibility index (Phi) is 46.6. The number of likely N-dealkylation sites (tertiary alicyclic amines) is 3. The summed E-state index contributed by atoms with van der Waals surface area (Å²) in [5.41, 5.74) is 18.5. The molecule has 742 valence electrons. The van der Waals surface area contributed by atoms with Crippen LogP contribution in [-0.2, 0) is 53.0 Å². The minimum Gasteiger partial charge on any atom is -0.870 e. The SMILES string of the molecule is CC(C)(C)OC(=O)N1CCC(n2cc(N)c(C(=O)NCCCCCCn3cc(-c4cccc(OC=O)n4)cn3)n2)CC1.CC(C)(C)OC(=O)N1CCC(n2cc3c(n2)C(=O)NCCCCCCn2cc(cn2)-c2cccc(n2)C(=O)N3)CC1.CO.Cc1cccc(-c2cnn(CCCCCCNC(=O)c3nn(C4CCN(C(=O)OC(C)(C)C)CC4)cc3N)c2)n1.Cl.O=C=O.OC1CCCO1.[Li+].[OH-]. The number of aliphatic hydroxyl groups excluding tert-OH is 2. The minimum absolute atomic E-state index is 0. The summed E-state index contributed by atoms with van der Waals surface area (Å²) in [6.45, 7) is 27.1. The van der Waals surface area contributed by atoms with Gasteiger partial charge in [0.05, 0.1) is 70.9 Å². The number of nitrogen functional groups attached to an aromatic ring is 2. The van der Waals surface area contributed by atoms with Crippen LogP contribution in [0.15, 0.2) is 110 Å². The Morgan fingerprint density at radius 3 is 1.39 bits per heavy atom. The van der Waals surface area contributed by atoms with Crippen LogP contribution in [0.25, 0.3) is 33.8 Å². The minimum atomic E-state index is -0.558. The molecule has 4 saturated heterocycles. The number of halogens is 1. The summed E-state index contributed by atoms with van der Waals surface area (Å²) in [5.74, 6) is -1.06. The van der Waals surface area contributed by atoms with Crippen LogP contribution in [-0.4, -0.2) is 254 Å². The fraction of sp³-hybridized carbons (Fsp3) is 0.548. The molecule has 4 bridgehead atoms. The Morgan fingerprint density at radius 2 is 0.949 bits per heavy atom. The first kappa shape index (κ1) is 113. The number of pyridine rings is 3. The number of rotatable bonds is 23. The van der Waals surface area contributed by atoms with Crippen LogP contribution in [0, 0.1) is 6.92 Å². The van der Waals surface area contributed by atoms with E-state index in [1.165, 1.54) is 0 Å². The Balaban J connectivity index is 0.000000295. The van der Waals surface area contributed by atoms with Gasteiger partial charge < -0.3 is 86.8 Å². The number of nitrogens with zero attached hydrogens (tertiary/aromatic N) is 18. The second kappa shape index (κ2) is 56.3. The molecule has 11 N–H and O–H groups in total. The van der Waals surface area contributed by atoms with E-state index in [-0.39, 0.29) is 126 Å². The number of aromatic nitrogens is 15. The molecule has 0 aliphatic carbocycles. The summed E-state index contributed by atoms with van der Waals surface area (Å²) in [4.78, 5) is 134. The summed E-state index contributed by atoms with van der Waals surface area (Å²) in [5, 5.41) is 54.1.